The van der Waals surface area contributed by atoms with Gasteiger partial charge < -0.3 is 9.59 Å². The minimum atomic E-state index is -4.72. The summed E-state index contributed by atoms with van der Waals surface area (Å²) in [4.78, 5) is 9.40. The average Bonchev–Trinajstić information content (AvgIpc) is 2.33. The maximum absolute atomic E-state index is 11.7. The van der Waals surface area contributed by atoms with E-state index in [1.165, 1.54) is 40.4 Å². The number of aliphatic carboxylic acids is 1. The molecule has 0 aliphatic carbocycles. The van der Waals surface area contributed by atoms with Gasteiger partial charge in [0, 0.05) is 6.42 Å². The van der Waals surface area contributed by atoms with Gasteiger partial charge in [-0.2, -0.15) is 8.42 Å². The monoisotopic (exact) mass is 338 g/mol. The highest BCUT2D eigenvalue weighted by atomic mass is 32.2. The zero-order valence-corrected chi connectivity index (χ0v) is 15.2. The van der Waals surface area contributed by atoms with E-state index in [-0.39, 0.29) is 10.9 Å². The van der Waals surface area contributed by atoms with Crippen molar-refractivity contribution in [2.75, 3.05) is 21.1 Å². The van der Waals surface area contributed by atoms with Crippen molar-refractivity contribution in [1.29, 1.82) is 0 Å². The molecule has 0 heterocycles. The lowest BCUT2D eigenvalue weighted by atomic mass is 10.0. The first-order chi connectivity index (χ1) is 10.0. The van der Waals surface area contributed by atoms with E-state index in [0.29, 0.717) is 6.42 Å². The van der Waals surface area contributed by atoms with E-state index in [2.05, 4.69) is 6.92 Å². The molecule has 0 radical (unpaired) electrons. The topological polar surface area (TPSA) is 91.7 Å². The van der Waals surface area contributed by atoms with Gasteiger partial charge in [0.05, 0.1) is 21.1 Å². The van der Waals surface area contributed by atoms with Gasteiger partial charge in [-0.05, 0) is 6.42 Å². The number of hydrogen-bond acceptors (Lipinski definition) is 3. The molecule has 0 saturated carbocycles. The Kier molecular flexibility index (Phi) is 8.57. The number of hydrogen-bond donors (Lipinski definition) is 2. The lowest BCUT2D eigenvalue weighted by molar-refractivity contribution is -0.899. The molecule has 2 N–H and O–H groups in total. The van der Waals surface area contributed by atoms with Crippen LogP contribution < -0.4 is 0 Å². The number of rotatable bonds is 12. The highest BCUT2D eigenvalue weighted by molar-refractivity contribution is 7.87. The quantitative estimate of drug-likeness (QED) is 0.324. The fraction of sp³-hybridized carbons (Fsp3) is 0.933. The molecule has 6 nitrogen and oxygen atoms in total. The van der Waals surface area contributed by atoms with Gasteiger partial charge in [-0.25, -0.2) is 4.79 Å². The van der Waals surface area contributed by atoms with Crippen LogP contribution >= 0.6 is 0 Å². The Balaban J connectivity index is 4.62. The molecule has 1 unspecified atom stereocenters. The summed E-state index contributed by atoms with van der Waals surface area (Å²) in [5.74, 6) is -1.49. The summed E-state index contributed by atoms with van der Waals surface area (Å²) >= 11 is 0. The minimum Gasteiger partial charge on any atom is -0.476 e. The lowest BCUT2D eigenvalue weighted by Gasteiger charge is -2.40. The summed E-state index contributed by atoms with van der Waals surface area (Å²) in [6.07, 6.45) is 7.99. The first kappa shape index (κ1) is 21.3. The number of nitrogens with zero attached hydrogens (tertiary/aromatic N) is 1. The van der Waals surface area contributed by atoms with Crippen molar-refractivity contribution in [3.05, 3.63) is 0 Å². The van der Waals surface area contributed by atoms with Crippen molar-refractivity contribution in [2.45, 2.75) is 69.6 Å². The van der Waals surface area contributed by atoms with E-state index in [1.807, 2.05) is 0 Å². The number of unbranched alkanes of at least 4 members (excludes halogenated alkanes) is 7. The second-order valence-corrected chi connectivity index (χ2v) is 8.43. The van der Waals surface area contributed by atoms with Crippen molar-refractivity contribution in [2.24, 2.45) is 0 Å². The molecular weight excluding hydrogens is 306 g/mol. The van der Waals surface area contributed by atoms with Gasteiger partial charge in [0.15, 0.2) is 0 Å². The first-order valence-corrected chi connectivity index (χ1v) is 9.46. The normalized spacial score (nSPS) is 15.5. The number of carboxylic acids is 1. The summed E-state index contributed by atoms with van der Waals surface area (Å²) in [6.45, 7) is 2.16. The molecule has 0 bridgehead atoms. The van der Waals surface area contributed by atoms with E-state index in [9.17, 15) is 22.9 Å². The molecule has 1 atom stereocenters. The molecule has 7 heteroatoms. The molecule has 0 aromatic rings. The van der Waals surface area contributed by atoms with Crippen LogP contribution in [-0.2, 0) is 14.9 Å². The highest BCUT2D eigenvalue weighted by Crippen LogP contribution is 2.31. The Hall–Kier alpha value is -0.660. The van der Waals surface area contributed by atoms with Crippen LogP contribution in [0.4, 0.5) is 0 Å². The van der Waals surface area contributed by atoms with Gasteiger partial charge in [-0.15, -0.1) is 0 Å². The largest absolute Gasteiger partial charge is 0.476 e. The predicted molar refractivity (Wildman–Crippen MR) is 87.2 cm³/mol. The van der Waals surface area contributed by atoms with Crippen molar-refractivity contribution in [3.63, 3.8) is 0 Å². The van der Waals surface area contributed by atoms with Gasteiger partial charge in [-0.3, -0.25) is 4.55 Å². The average molecular weight is 338 g/mol. The van der Waals surface area contributed by atoms with Gasteiger partial charge in [0.25, 0.3) is 0 Å². The van der Waals surface area contributed by atoms with Crippen LogP contribution in [0.3, 0.4) is 0 Å². The third-order valence-corrected chi connectivity index (χ3v) is 5.99. The molecule has 0 aliphatic rings. The zero-order valence-electron chi connectivity index (χ0n) is 14.3. The third-order valence-electron chi connectivity index (χ3n) is 4.21. The standard InChI is InChI=1S/C15H31NO5S/c1-5-6-7-8-9-10-11-12-13-15(14(17)18,16(2,3)4)22(19,20)21/h5-13H2,1-4H3,(H-,17,18,19,20,21)/p+1. The third kappa shape index (κ3) is 5.52. The van der Waals surface area contributed by atoms with E-state index >= 15 is 0 Å². The maximum atomic E-state index is 11.7. The predicted octanol–water partition coefficient (Wildman–Crippen LogP) is 2.89. The number of likely N-dealkylation sites (N-methyl/N-ethyl adjacent to an activating group) is 1. The van der Waals surface area contributed by atoms with Crippen LogP contribution in [0.25, 0.3) is 0 Å². The first-order valence-electron chi connectivity index (χ1n) is 8.02. The van der Waals surface area contributed by atoms with Crippen LogP contribution in [0.5, 0.6) is 0 Å². The Labute approximate surface area is 134 Å². The maximum Gasteiger partial charge on any atom is 0.384 e. The Bertz CT molecular complexity index is 441. The number of carbonyl (C=O) groups is 1. The van der Waals surface area contributed by atoms with Crippen LogP contribution in [0, 0.1) is 0 Å². The van der Waals surface area contributed by atoms with Crippen molar-refractivity contribution in [1.82, 2.24) is 0 Å². The van der Waals surface area contributed by atoms with Crippen LogP contribution in [0.15, 0.2) is 0 Å². The Morgan fingerprint density at radius 2 is 1.36 bits per heavy atom. The molecule has 132 valence electrons. The van der Waals surface area contributed by atoms with Crippen molar-refractivity contribution >= 4 is 16.1 Å². The fourth-order valence-electron chi connectivity index (χ4n) is 2.81. The molecule has 0 spiro atoms. The second-order valence-electron chi connectivity index (χ2n) is 6.80. The summed E-state index contributed by atoms with van der Waals surface area (Å²) < 4.78 is 32.6. The Morgan fingerprint density at radius 3 is 1.68 bits per heavy atom. The van der Waals surface area contributed by atoms with Gasteiger partial charge >= 0.3 is 21.0 Å². The van der Waals surface area contributed by atoms with E-state index in [1.54, 1.807) is 0 Å². The zero-order chi connectivity index (χ0) is 17.4. The smallest absolute Gasteiger partial charge is 0.384 e. The minimum absolute atomic E-state index is 0.0837. The van der Waals surface area contributed by atoms with E-state index in [4.69, 9.17) is 0 Å². The van der Waals surface area contributed by atoms with Gasteiger partial charge in [-0.1, -0.05) is 51.9 Å². The second kappa shape index (κ2) is 8.84. The molecule has 0 aromatic heterocycles. The Morgan fingerprint density at radius 1 is 0.955 bits per heavy atom. The SMILES string of the molecule is CCCCCCCCCCC(C(=O)O)([N+](C)(C)C)S(=O)(=O)O. The van der Waals surface area contributed by atoms with Crippen LogP contribution in [-0.4, -0.2) is 54.5 Å². The van der Waals surface area contributed by atoms with E-state index < -0.39 is 21.0 Å². The van der Waals surface area contributed by atoms with Crippen LogP contribution in [0.1, 0.15) is 64.7 Å². The molecule has 0 fully saturated rings. The number of quaternary nitrogens is 1. The van der Waals surface area contributed by atoms with E-state index in [0.717, 1.165) is 25.7 Å². The van der Waals surface area contributed by atoms with Gasteiger partial charge in [0.1, 0.15) is 0 Å². The molecular formula is C15H32NO5S+. The molecule has 0 saturated heterocycles. The fourth-order valence-corrected chi connectivity index (χ4v) is 4.13. The van der Waals surface area contributed by atoms with Crippen molar-refractivity contribution < 1.29 is 27.4 Å². The van der Waals surface area contributed by atoms with Crippen LogP contribution in [0.2, 0.25) is 0 Å². The number of carboxylic acid groups (broad SMARTS) is 1. The van der Waals surface area contributed by atoms with Crippen molar-refractivity contribution in [3.8, 4) is 0 Å². The summed E-state index contributed by atoms with van der Waals surface area (Å²) in [5.41, 5.74) is 0. The highest BCUT2D eigenvalue weighted by Gasteiger charge is 2.61. The lowest BCUT2D eigenvalue weighted by Crippen LogP contribution is -2.66. The molecule has 0 aromatic carbocycles. The van der Waals surface area contributed by atoms with Gasteiger partial charge in [0.2, 0.25) is 0 Å². The molecule has 0 aliphatic heterocycles. The summed E-state index contributed by atoms with van der Waals surface area (Å²) in [5, 5.41) is 9.44. The summed E-state index contributed by atoms with van der Waals surface area (Å²) in [7, 11) is -0.279. The molecule has 0 amide bonds. The molecule has 0 rings (SSSR count). The summed E-state index contributed by atoms with van der Waals surface area (Å²) in [6, 6.07) is 0. The molecule has 22 heavy (non-hydrogen) atoms.